The number of nitrogens with zero attached hydrogens (tertiary/aromatic N) is 2. The average molecular weight is 305 g/mol. The van der Waals surface area contributed by atoms with Crippen molar-refractivity contribution in [3.8, 4) is 0 Å². The van der Waals surface area contributed by atoms with Crippen molar-refractivity contribution in [3.63, 3.8) is 0 Å². The highest BCUT2D eigenvalue weighted by molar-refractivity contribution is 9.10. The molecule has 0 amide bonds. The Hall–Kier alpha value is -0.650. The van der Waals surface area contributed by atoms with E-state index in [4.69, 9.17) is 11.6 Å². The number of halogens is 2. The fourth-order valence-electron chi connectivity index (χ4n) is 1.11. The van der Waals surface area contributed by atoms with Crippen LogP contribution in [0, 0.1) is 6.92 Å². The summed E-state index contributed by atoms with van der Waals surface area (Å²) in [5, 5.41) is 3.51. The van der Waals surface area contributed by atoms with Crippen molar-refractivity contribution in [3.05, 3.63) is 33.4 Å². The first kappa shape index (κ1) is 10.9. The molecule has 3 nitrogen and oxygen atoms in total. The van der Waals surface area contributed by atoms with Gasteiger partial charge in [0.2, 0.25) is 0 Å². The highest BCUT2D eigenvalue weighted by atomic mass is 79.9. The van der Waals surface area contributed by atoms with Crippen molar-refractivity contribution >= 4 is 50.8 Å². The molecule has 0 saturated carbocycles. The van der Waals surface area contributed by atoms with Crippen LogP contribution in [0.4, 0.5) is 11.5 Å². The van der Waals surface area contributed by atoms with Crippen LogP contribution >= 0.6 is 39.3 Å². The minimum atomic E-state index is 0.403. The van der Waals surface area contributed by atoms with Crippen LogP contribution in [0.15, 0.2) is 22.7 Å². The third-order valence-electron chi connectivity index (χ3n) is 1.87. The largest absolute Gasteiger partial charge is 0.337 e. The van der Waals surface area contributed by atoms with Gasteiger partial charge in [-0.25, -0.2) is 0 Å². The summed E-state index contributed by atoms with van der Waals surface area (Å²) in [6, 6.07) is 5.94. The Bertz CT molecular complexity index is 486. The van der Waals surface area contributed by atoms with Gasteiger partial charge in [0, 0.05) is 10.2 Å². The van der Waals surface area contributed by atoms with Gasteiger partial charge in [0.05, 0.1) is 11.7 Å². The summed E-state index contributed by atoms with van der Waals surface area (Å²) >= 11 is 10.4. The van der Waals surface area contributed by atoms with Gasteiger partial charge in [-0.15, -0.1) is 0 Å². The molecule has 1 heterocycles. The third-order valence-corrected chi connectivity index (χ3v) is 3.65. The van der Waals surface area contributed by atoms with Crippen LogP contribution in [-0.4, -0.2) is 8.75 Å². The predicted molar refractivity (Wildman–Crippen MR) is 67.1 cm³/mol. The highest BCUT2D eigenvalue weighted by Crippen LogP contribution is 2.25. The van der Waals surface area contributed by atoms with Gasteiger partial charge in [-0.05, 0) is 30.7 Å². The number of benzene rings is 1. The van der Waals surface area contributed by atoms with Crippen molar-refractivity contribution < 1.29 is 0 Å². The van der Waals surface area contributed by atoms with E-state index in [1.165, 1.54) is 0 Å². The van der Waals surface area contributed by atoms with Crippen molar-refractivity contribution in [1.82, 2.24) is 8.75 Å². The van der Waals surface area contributed by atoms with Crippen LogP contribution in [0.25, 0.3) is 0 Å². The molecular formula is C9H7BrClN3S. The molecule has 78 valence electrons. The lowest BCUT2D eigenvalue weighted by Gasteiger charge is -2.05. The Morgan fingerprint density at radius 3 is 2.80 bits per heavy atom. The number of rotatable bonds is 2. The zero-order valence-corrected chi connectivity index (χ0v) is 10.9. The van der Waals surface area contributed by atoms with Gasteiger partial charge in [-0.3, -0.25) is 0 Å². The molecule has 1 aromatic heterocycles. The van der Waals surface area contributed by atoms with E-state index in [2.05, 4.69) is 30.0 Å². The summed E-state index contributed by atoms with van der Waals surface area (Å²) in [4.78, 5) is 0. The van der Waals surface area contributed by atoms with Crippen molar-refractivity contribution in [1.29, 1.82) is 0 Å². The fourth-order valence-corrected chi connectivity index (χ4v) is 2.00. The summed E-state index contributed by atoms with van der Waals surface area (Å²) in [6.45, 7) is 2.02. The molecule has 1 aromatic carbocycles. The third kappa shape index (κ3) is 2.48. The van der Waals surface area contributed by atoms with E-state index in [1.807, 2.05) is 25.1 Å². The van der Waals surface area contributed by atoms with Gasteiger partial charge >= 0.3 is 0 Å². The molecule has 0 saturated heterocycles. The Labute approximate surface area is 105 Å². The molecule has 0 aliphatic carbocycles. The van der Waals surface area contributed by atoms with Crippen LogP contribution in [0.3, 0.4) is 0 Å². The molecule has 0 unspecified atom stereocenters. The SMILES string of the molecule is Cc1cc(Nc2nsnc2Cl)ccc1Br. The second kappa shape index (κ2) is 4.47. The van der Waals surface area contributed by atoms with Gasteiger partial charge in [0.25, 0.3) is 0 Å². The molecule has 0 fully saturated rings. The van der Waals surface area contributed by atoms with Gasteiger partial charge in [-0.2, -0.15) is 8.75 Å². The van der Waals surface area contributed by atoms with E-state index < -0.39 is 0 Å². The molecule has 0 radical (unpaired) electrons. The molecule has 0 bridgehead atoms. The number of aryl methyl sites for hydroxylation is 1. The van der Waals surface area contributed by atoms with Gasteiger partial charge in [-0.1, -0.05) is 27.5 Å². The maximum absolute atomic E-state index is 5.83. The number of nitrogens with one attached hydrogen (secondary N) is 1. The molecule has 2 aromatic rings. The summed E-state index contributed by atoms with van der Waals surface area (Å²) in [6.07, 6.45) is 0. The maximum Gasteiger partial charge on any atom is 0.187 e. The Morgan fingerprint density at radius 1 is 1.40 bits per heavy atom. The summed E-state index contributed by atoms with van der Waals surface area (Å²) in [5.41, 5.74) is 2.10. The smallest absolute Gasteiger partial charge is 0.187 e. The minimum absolute atomic E-state index is 0.403. The van der Waals surface area contributed by atoms with Gasteiger partial charge in [0.15, 0.2) is 11.0 Å². The van der Waals surface area contributed by atoms with Crippen LogP contribution in [0.1, 0.15) is 5.56 Å². The van der Waals surface area contributed by atoms with Crippen molar-refractivity contribution in [2.45, 2.75) is 6.92 Å². The average Bonchev–Trinajstić information content (AvgIpc) is 2.59. The summed E-state index contributed by atoms with van der Waals surface area (Å²) < 4.78 is 9.00. The monoisotopic (exact) mass is 303 g/mol. The van der Waals surface area contributed by atoms with E-state index in [0.29, 0.717) is 11.0 Å². The summed E-state index contributed by atoms with van der Waals surface area (Å²) in [5.74, 6) is 0.600. The number of aromatic nitrogens is 2. The first-order valence-corrected chi connectivity index (χ1v) is 6.08. The standard InChI is InChI=1S/C9H7BrClN3S/c1-5-4-6(2-3-7(5)10)12-9-8(11)13-15-14-9/h2-4H,1H3,(H,12,14). The first-order valence-electron chi connectivity index (χ1n) is 4.18. The van der Waals surface area contributed by atoms with E-state index >= 15 is 0 Å². The molecule has 6 heteroatoms. The van der Waals surface area contributed by atoms with Gasteiger partial charge < -0.3 is 5.32 Å². The van der Waals surface area contributed by atoms with Crippen LogP contribution in [0.2, 0.25) is 5.15 Å². The second-order valence-electron chi connectivity index (χ2n) is 2.99. The van der Waals surface area contributed by atoms with Crippen LogP contribution in [-0.2, 0) is 0 Å². The van der Waals surface area contributed by atoms with Crippen molar-refractivity contribution in [2.24, 2.45) is 0 Å². The fraction of sp³-hybridized carbons (Fsp3) is 0.111. The molecular weight excluding hydrogens is 298 g/mol. The molecule has 0 aliphatic rings. The van der Waals surface area contributed by atoms with Crippen molar-refractivity contribution in [2.75, 3.05) is 5.32 Å². The summed E-state index contributed by atoms with van der Waals surface area (Å²) in [7, 11) is 0. The van der Waals surface area contributed by atoms with Gasteiger partial charge in [0.1, 0.15) is 0 Å². The molecule has 0 spiro atoms. The Balaban J connectivity index is 2.25. The number of hydrogen-bond acceptors (Lipinski definition) is 4. The predicted octanol–water partition coefficient (Wildman–Crippen LogP) is 4.01. The first-order chi connectivity index (χ1) is 7.16. The maximum atomic E-state index is 5.83. The topological polar surface area (TPSA) is 37.8 Å². The lowest BCUT2D eigenvalue weighted by atomic mass is 10.2. The van der Waals surface area contributed by atoms with E-state index in [1.54, 1.807) is 0 Å². The van der Waals surface area contributed by atoms with E-state index in [-0.39, 0.29) is 0 Å². The number of hydrogen-bond donors (Lipinski definition) is 1. The molecule has 0 atom stereocenters. The van der Waals surface area contributed by atoms with E-state index in [9.17, 15) is 0 Å². The zero-order chi connectivity index (χ0) is 10.8. The highest BCUT2D eigenvalue weighted by Gasteiger charge is 2.05. The molecule has 2 rings (SSSR count). The quantitative estimate of drug-likeness (QED) is 0.911. The Kier molecular flexibility index (Phi) is 3.23. The molecule has 15 heavy (non-hydrogen) atoms. The zero-order valence-electron chi connectivity index (χ0n) is 7.79. The normalized spacial score (nSPS) is 10.3. The van der Waals surface area contributed by atoms with Crippen LogP contribution < -0.4 is 5.32 Å². The Morgan fingerprint density at radius 2 is 2.20 bits per heavy atom. The second-order valence-corrected chi connectivity index (χ2v) is 4.73. The minimum Gasteiger partial charge on any atom is -0.337 e. The van der Waals surface area contributed by atoms with Crippen LogP contribution in [0.5, 0.6) is 0 Å². The molecule has 1 N–H and O–H groups in total. The van der Waals surface area contributed by atoms with E-state index in [0.717, 1.165) is 27.5 Å². The molecule has 0 aliphatic heterocycles. The lowest BCUT2D eigenvalue weighted by molar-refractivity contribution is 1.39. The lowest BCUT2D eigenvalue weighted by Crippen LogP contribution is -1.91. The number of anilines is 2.